The quantitative estimate of drug-likeness (QED) is 0.903. The van der Waals surface area contributed by atoms with E-state index in [1.54, 1.807) is 19.9 Å². The maximum Gasteiger partial charge on any atom is 0.405 e. The number of alkyl halides is 3. The van der Waals surface area contributed by atoms with Crippen LogP contribution in [0.5, 0.6) is 0 Å². The molecule has 1 heterocycles. The maximum absolute atomic E-state index is 12.7. The zero-order chi connectivity index (χ0) is 15.5. The highest BCUT2D eigenvalue weighted by atomic mass is 19.4. The van der Waals surface area contributed by atoms with Crippen molar-refractivity contribution in [1.82, 2.24) is 4.98 Å². The molecule has 20 heavy (non-hydrogen) atoms. The minimum absolute atomic E-state index is 0.139. The van der Waals surface area contributed by atoms with E-state index in [1.807, 2.05) is 19.9 Å². The van der Waals surface area contributed by atoms with E-state index in [-0.39, 0.29) is 18.5 Å². The number of rotatable bonds is 5. The Balaban J connectivity index is 3.22. The average molecular weight is 289 g/mol. The first-order valence-corrected chi connectivity index (χ1v) is 6.68. The van der Waals surface area contributed by atoms with Crippen LogP contribution in [0.3, 0.4) is 0 Å². The number of halogens is 3. The highest BCUT2D eigenvalue weighted by Gasteiger charge is 2.32. The Bertz CT molecular complexity index is 442. The predicted octanol–water partition coefficient (Wildman–Crippen LogP) is 3.44. The lowest BCUT2D eigenvalue weighted by molar-refractivity contribution is -0.120. The first-order chi connectivity index (χ1) is 9.14. The van der Waals surface area contributed by atoms with Crippen LogP contribution in [0, 0.1) is 0 Å². The van der Waals surface area contributed by atoms with Gasteiger partial charge in [0.1, 0.15) is 12.4 Å². The largest absolute Gasteiger partial charge is 0.405 e. The highest BCUT2D eigenvalue weighted by molar-refractivity contribution is 5.44. The molecule has 0 aromatic carbocycles. The smallest absolute Gasteiger partial charge is 0.345 e. The third kappa shape index (κ3) is 4.67. The first kappa shape index (κ1) is 16.8. The molecule has 2 N–H and O–H groups in total. The Hall–Kier alpha value is -1.30. The zero-order valence-electron chi connectivity index (χ0n) is 12.3. The van der Waals surface area contributed by atoms with E-state index >= 15 is 0 Å². The first-order valence-electron chi connectivity index (χ1n) is 6.68. The molecule has 0 spiro atoms. The third-order valence-corrected chi connectivity index (χ3v) is 2.99. The molecule has 0 aliphatic rings. The Morgan fingerprint density at radius 2 is 1.80 bits per heavy atom. The number of hydrogen-bond acceptors (Lipinski definition) is 3. The molecule has 1 aromatic heterocycles. The van der Waals surface area contributed by atoms with Crippen LogP contribution in [-0.4, -0.2) is 23.7 Å². The van der Waals surface area contributed by atoms with Gasteiger partial charge in [-0.1, -0.05) is 13.8 Å². The summed E-state index contributed by atoms with van der Waals surface area (Å²) in [5.41, 5.74) is 7.18. The van der Waals surface area contributed by atoms with Gasteiger partial charge in [-0.15, -0.1) is 0 Å². The third-order valence-electron chi connectivity index (χ3n) is 2.99. The highest BCUT2D eigenvalue weighted by Crippen LogP contribution is 2.25. The summed E-state index contributed by atoms with van der Waals surface area (Å²) in [6.45, 7) is 6.62. The summed E-state index contributed by atoms with van der Waals surface area (Å²) < 4.78 is 38.1. The lowest BCUT2D eigenvalue weighted by Crippen LogP contribution is -2.39. The Labute approximate surface area is 118 Å². The van der Waals surface area contributed by atoms with Crippen LogP contribution in [0.2, 0.25) is 0 Å². The van der Waals surface area contributed by atoms with Gasteiger partial charge in [-0.05, 0) is 37.5 Å². The van der Waals surface area contributed by atoms with Gasteiger partial charge in [0.15, 0.2) is 0 Å². The Morgan fingerprint density at radius 1 is 1.20 bits per heavy atom. The van der Waals surface area contributed by atoms with Crippen molar-refractivity contribution < 1.29 is 13.2 Å². The number of hydrogen-bond donors (Lipinski definition) is 1. The van der Waals surface area contributed by atoms with E-state index in [4.69, 9.17) is 5.73 Å². The lowest BCUT2D eigenvalue weighted by Gasteiger charge is -2.29. The van der Waals surface area contributed by atoms with Gasteiger partial charge >= 0.3 is 6.18 Å². The van der Waals surface area contributed by atoms with E-state index in [9.17, 15) is 13.2 Å². The number of pyridine rings is 1. The van der Waals surface area contributed by atoms with Gasteiger partial charge in [-0.25, -0.2) is 4.98 Å². The fraction of sp³-hybridized carbons (Fsp3) is 0.643. The van der Waals surface area contributed by atoms with Gasteiger partial charge in [0.25, 0.3) is 0 Å². The number of aromatic nitrogens is 1. The molecule has 3 nitrogen and oxygen atoms in total. The molecular weight excluding hydrogens is 267 g/mol. The van der Waals surface area contributed by atoms with Crippen LogP contribution >= 0.6 is 0 Å². The number of nitrogens with two attached hydrogens (primary N) is 1. The lowest BCUT2D eigenvalue weighted by atomic mass is 10.1. The van der Waals surface area contributed by atoms with E-state index in [1.165, 1.54) is 4.90 Å². The van der Waals surface area contributed by atoms with E-state index in [2.05, 4.69) is 4.98 Å². The van der Waals surface area contributed by atoms with Crippen molar-refractivity contribution >= 4 is 5.82 Å². The summed E-state index contributed by atoms with van der Waals surface area (Å²) >= 11 is 0. The van der Waals surface area contributed by atoms with Gasteiger partial charge in [-0.2, -0.15) is 13.2 Å². The second kappa shape index (κ2) is 6.43. The van der Waals surface area contributed by atoms with Crippen LogP contribution in [0.25, 0.3) is 0 Å². The second-order valence-electron chi connectivity index (χ2n) is 5.45. The molecule has 0 atom stereocenters. The van der Waals surface area contributed by atoms with Gasteiger partial charge in [0.2, 0.25) is 0 Å². The second-order valence-corrected chi connectivity index (χ2v) is 5.45. The molecule has 0 bridgehead atoms. The molecule has 0 saturated heterocycles. The molecule has 1 aromatic rings. The molecule has 0 unspecified atom stereocenters. The summed E-state index contributed by atoms with van der Waals surface area (Å²) in [7, 11) is 0. The van der Waals surface area contributed by atoms with Crippen molar-refractivity contribution in [2.24, 2.45) is 5.73 Å². The summed E-state index contributed by atoms with van der Waals surface area (Å²) in [4.78, 5) is 5.61. The van der Waals surface area contributed by atoms with Gasteiger partial charge in [0.05, 0.1) is 0 Å². The molecule has 114 valence electrons. The molecule has 0 radical (unpaired) electrons. The van der Waals surface area contributed by atoms with E-state index < -0.39 is 12.7 Å². The van der Waals surface area contributed by atoms with Crippen molar-refractivity contribution in [3.05, 3.63) is 23.4 Å². The van der Waals surface area contributed by atoms with Crippen LogP contribution in [0.4, 0.5) is 19.0 Å². The molecule has 0 aliphatic carbocycles. The van der Waals surface area contributed by atoms with Crippen molar-refractivity contribution in [1.29, 1.82) is 0 Å². The summed E-state index contributed by atoms with van der Waals surface area (Å²) in [5.74, 6) is 0.476. The SMILES string of the molecule is CC(C)c1cc(CN)cc(N(CC(F)(F)F)C(C)C)n1. The average Bonchev–Trinajstić information content (AvgIpc) is 2.33. The number of nitrogens with zero attached hydrogens (tertiary/aromatic N) is 2. The monoisotopic (exact) mass is 289 g/mol. The summed E-state index contributed by atoms with van der Waals surface area (Å²) in [6, 6.07) is 3.19. The Kier molecular flexibility index (Phi) is 5.39. The number of anilines is 1. The van der Waals surface area contributed by atoms with Crippen LogP contribution in [0.1, 0.15) is 44.9 Å². The van der Waals surface area contributed by atoms with Crippen molar-refractivity contribution in [2.75, 3.05) is 11.4 Å². The van der Waals surface area contributed by atoms with Crippen molar-refractivity contribution in [3.8, 4) is 0 Å². The Morgan fingerprint density at radius 3 is 2.20 bits per heavy atom. The topological polar surface area (TPSA) is 42.1 Å². The molecule has 0 aliphatic heterocycles. The predicted molar refractivity (Wildman–Crippen MR) is 74.8 cm³/mol. The van der Waals surface area contributed by atoms with Crippen LogP contribution in [-0.2, 0) is 6.54 Å². The molecule has 0 amide bonds. The summed E-state index contributed by atoms with van der Waals surface area (Å²) in [6.07, 6.45) is -4.26. The fourth-order valence-electron chi connectivity index (χ4n) is 1.88. The van der Waals surface area contributed by atoms with Crippen molar-refractivity contribution in [3.63, 3.8) is 0 Å². The standard InChI is InChI=1S/C14H22F3N3/c1-9(2)12-5-11(7-18)6-13(19-12)20(10(3)4)8-14(15,16)17/h5-6,9-10H,7-8,18H2,1-4H3. The minimum Gasteiger partial charge on any atom is -0.345 e. The maximum atomic E-state index is 12.7. The summed E-state index contributed by atoms with van der Waals surface area (Å²) in [5, 5.41) is 0. The van der Waals surface area contributed by atoms with E-state index in [0.29, 0.717) is 5.82 Å². The van der Waals surface area contributed by atoms with Gasteiger partial charge in [0, 0.05) is 18.3 Å². The minimum atomic E-state index is -4.26. The normalized spacial score (nSPS) is 12.3. The molecule has 0 fully saturated rings. The van der Waals surface area contributed by atoms with Crippen LogP contribution < -0.4 is 10.6 Å². The fourth-order valence-corrected chi connectivity index (χ4v) is 1.88. The van der Waals surface area contributed by atoms with Gasteiger partial charge < -0.3 is 10.6 Å². The molecule has 6 heteroatoms. The van der Waals surface area contributed by atoms with Crippen molar-refractivity contribution in [2.45, 2.75) is 52.4 Å². The molecular formula is C14H22F3N3. The van der Waals surface area contributed by atoms with Gasteiger partial charge in [-0.3, -0.25) is 0 Å². The zero-order valence-corrected chi connectivity index (χ0v) is 12.3. The van der Waals surface area contributed by atoms with Crippen LogP contribution in [0.15, 0.2) is 12.1 Å². The molecule has 1 rings (SSSR count). The molecule has 0 saturated carbocycles. The van der Waals surface area contributed by atoms with E-state index in [0.717, 1.165) is 11.3 Å².